The van der Waals surface area contributed by atoms with E-state index in [0.717, 1.165) is 48.6 Å². The minimum Gasteiger partial charge on any atom is -0.310 e. The predicted octanol–water partition coefficient (Wildman–Crippen LogP) is 6.36. The van der Waals surface area contributed by atoms with Crippen molar-refractivity contribution in [1.82, 2.24) is 14.4 Å². The molecule has 0 unspecified atom stereocenters. The third kappa shape index (κ3) is 3.87. The number of benzene rings is 2. The molecular weight excluding hydrogens is 452 g/mol. The summed E-state index contributed by atoms with van der Waals surface area (Å²) in [6.07, 6.45) is 3.20. The van der Waals surface area contributed by atoms with Crippen LogP contribution < -0.4 is 5.32 Å². The minimum atomic E-state index is -0.179. The molecule has 6 heteroatoms. The number of rotatable bonds is 3. The molecule has 1 atom stereocenters. The van der Waals surface area contributed by atoms with Gasteiger partial charge in [0.2, 0.25) is 0 Å². The molecule has 2 aromatic carbocycles. The van der Waals surface area contributed by atoms with Gasteiger partial charge in [0.05, 0.1) is 18.3 Å². The number of hydrogen-bond donors (Lipinski definition) is 1. The number of aromatic nitrogens is 1. The van der Waals surface area contributed by atoms with Gasteiger partial charge in [-0.2, -0.15) is 0 Å². The van der Waals surface area contributed by atoms with E-state index < -0.39 is 0 Å². The van der Waals surface area contributed by atoms with Gasteiger partial charge in [-0.05, 0) is 54.8 Å². The lowest BCUT2D eigenvalue weighted by molar-refractivity contribution is 0.194. The molecule has 4 heterocycles. The maximum atomic E-state index is 14.0. The number of anilines is 1. The van der Waals surface area contributed by atoms with Crippen LogP contribution in [0.2, 0.25) is 0 Å². The summed E-state index contributed by atoms with van der Waals surface area (Å²) in [5.74, 6) is 0. The van der Waals surface area contributed by atoms with Gasteiger partial charge in [0.25, 0.3) is 0 Å². The van der Waals surface area contributed by atoms with E-state index in [2.05, 4.69) is 64.3 Å². The lowest BCUT2D eigenvalue weighted by Gasteiger charge is -2.32. The molecule has 4 aromatic rings. The minimum absolute atomic E-state index is 0.0697. The number of para-hydroxylation sites is 1. The third-order valence-electron chi connectivity index (χ3n) is 7.35. The van der Waals surface area contributed by atoms with E-state index in [1.54, 1.807) is 0 Å². The van der Waals surface area contributed by atoms with Crippen LogP contribution in [0.25, 0.3) is 5.00 Å². The summed E-state index contributed by atoms with van der Waals surface area (Å²) >= 11 is 1.90. The SMILES string of the molecule is CCN1CCc2c(sc3c2CN(C(=O)Nc2ccccc2C)[C@H](c2ccccc2)c2cccn2-3)C1. The molecule has 2 aromatic heterocycles. The number of hydrogen-bond acceptors (Lipinski definition) is 3. The van der Waals surface area contributed by atoms with Crippen molar-refractivity contribution in [2.45, 2.75) is 39.4 Å². The number of aryl methyl sites for hydroxylation is 1. The van der Waals surface area contributed by atoms with Crippen LogP contribution in [-0.2, 0) is 19.5 Å². The Morgan fingerprint density at radius 1 is 1.00 bits per heavy atom. The first-order chi connectivity index (χ1) is 17.1. The van der Waals surface area contributed by atoms with E-state index in [1.165, 1.54) is 21.0 Å². The Kier molecular flexibility index (Phi) is 5.71. The Morgan fingerprint density at radius 2 is 1.80 bits per heavy atom. The molecule has 5 nitrogen and oxygen atoms in total. The molecule has 2 amide bonds. The van der Waals surface area contributed by atoms with Crippen molar-refractivity contribution in [2.24, 2.45) is 0 Å². The number of nitrogens with one attached hydrogen (secondary N) is 1. The van der Waals surface area contributed by atoms with Crippen LogP contribution >= 0.6 is 11.3 Å². The molecule has 35 heavy (non-hydrogen) atoms. The maximum absolute atomic E-state index is 14.0. The summed E-state index contributed by atoms with van der Waals surface area (Å²) in [7, 11) is 0. The molecule has 178 valence electrons. The zero-order valence-electron chi connectivity index (χ0n) is 20.2. The molecule has 0 aliphatic carbocycles. The molecule has 0 radical (unpaired) electrons. The van der Waals surface area contributed by atoms with Gasteiger partial charge in [-0.1, -0.05) is 55.5 Å². The Labute approximate surface area is 210 Å². The van der Waals surface area contributed by atoms with Crippen LogP contribution in [0.3, 0.4) is 0 Å². The Hall–Kier alpha value is -3.35. The van der Waals surface area contributed by atoms with Crippen molar-refractivity contribution >= 4 is 23.1 Å². The van der Waals surface area contributed by atoms with E-state index in [9.17, 15) is 4.79 Å². The van der Waals surface area contributed by atoms with Gasteiger partial charge in [-0.3, -0.25) is 4.90 Å². The van der Waals surface area contributed by atoms with E-state index in [-0.39, 0.29) is 12.1 Å². The summed E-state index contributed by atoms with van der Waals surface area (Å²) in [5.41, 5.74) is 6.90. The zero-order valence-corrected chi connectivity index (χ0v) is 21.0. The van der Waals surface area contributed by atoms with E-state index in [1.807, 2.05) is 53.5 Å². The summed E-state index contributed by atoms with van der Waals surface area (Å²) in [5, 5.41) is 4.49. The van der Waals surface area contributed by atoms with Crippen molar-refractivity contribution in [2.75, 3.05) is 18.4 Å². The van der Waals surface area contributed by atoms with Gasteiger partial charge in [0.1, 0.15) is 5.00 Å². The maximum Gasteiger partial charge on any atom is 0.322 e. The molecule has 2 aliphatic heterocycles. The zero-order chi connectivity index (χ0) is 23.9. The van der Waals surface area contributed by atoms with Gasteiger partial charge in [0, 0.05) is 35.4 Å². The molecule has 6 rings (SSSR count). The number of fused-ring (bicyclic) bond motifs is 5. The van der Waals surface area contributed by atoms with E-state index in [0.29, 0.717) is 6.54 Å². The van der Waals surface area contributed by atoms with Crippen molar-refractivity contribution in [3.8, 4) is 5.00 Å². The average Bonchev–Trinajstić information content (AvgIpc) is 3.47. The standard InChI is InChI=1S/C29H30N4OS/c1-3-31-17-15-22-23-18-33(29(34)30-24-13-8-7-10-20(24)2)27(21-11-5-4-6-12-21)25-14-9-16-32(25)28(23)35-26(22)19-31/h4-14,16,27H,3,15,17-19H2,1-2H3,(H,30,34)/t27-/m1/s1. The molecule has 0 saturated carbocycles. The largest absolute Gasteiger partial charge is 0.322 e. The quantitative estimate of drug-likeness (QED) is 0.369. The smallest absolute Gasteiger partial charge is 0.310 e. The van der Waals surface area contributed by atoms with Crippen LogP contribution in [0, 0.1) is 6.92 Å². The average molecular weight is 483 g/mol. The summed E-state index contributed by atoms with van der Waals surface area (Å²) in [6.45, 7) is 7.99. The first-order valence-corrected chi connectivity index (χ1v) is 13.2. The number of thiophene rings is 1. The summed E-state index contributed by atoms with van der Waals surface area (Å²) in [6, 6.07) is 22.4. The van der Waals surface area contributed by atoms with Crippen molar-refractivity contribution in [3.63, 3.8) is 0 Å². The van der Waals surface area contributed by atoms with Crippen LogP contribution in [0.5, 0.6) is 0 Å². The van der Waals surface area contributed by atoms with E-state index >= 15 is 0 Å². The second-order valence-corrected chi connectivity index (χ2v) is 10.5. The summed E-state index contributed by atoms with van der Waals surface area (Å²) < 4.78 is 2.33. The van der Waals surface area contributed by atoms with Crippen LogP contribution in [0.4, 0.5) is 10.5 Å². The van der Waals surface area contributed by atoms with Gasteiger partial charge >= 0.3 is 6.03 Å². The first-order valence-electron chi connectivity index (χ1n) is 12.4. The molecule has 0 bridgehead atoms. The third-order valence-corrected chi connectivity index (χ3v) is 8.61. The monoisotopic (exact) mass is 482 g/mol. The van der Waals surface area contributed by atoms with Crippen LogP contribution in [0.1, 0.15) is 45.8 Å². The Balaban J connectivity index is 1.49. The number of nitrogens with zero attached hydrogens (tertiary/aromatic N) is 3. The number of carbonyl (C=O) groups excluding carboxylic acids is 1. The van der Waals surface area contributed by atoms with Crippen LogP contribution in [0.15, 0.2) is 72.9 Å². The topological polar surface area (TPSA) is 40.5 Å². The fourth-order valence-corrected chi connectivity index (χ4v) is 6.84. The van der Waals surface area contributed by atoms with E-state index in [4.69, 9.17) is 0 Å². The fraction of sp³-hybridized carbons (Fsp3) is 0.276. The normalized spacial score (nSPS) is 17.3. The molecule has 2 aliphatic rings. The number of amides is 2. The molecule has 1 N–H and O–H groups in total. The van der Waals surface area contributed by atoms with Gasteiger partial charge in [-0.25, -0.2) is 4.79 Å². The highest BCUT2D eigenvalue weighted by molar-refractivity contribution is 7.15. The lowest BCUT2D eigenvalue weighted by atomic mass is 10.00. The predicted molar refractivity (Wildman–Crippen MR) is 142 cm³/mol. The summed E-state index contributed by atoms with van der Waals surface area (Å²) in [4.78, 5) is 20.0. The molecule has 0 fully saturated rings. The highest BCUT2D eigenvalue weighted by Gasteiger charge is 2.36. The van der Waals surface area contributed by atoms with Crippen molar-refractivity contribution in [1.29, 1.82) is 0 Å². The number of carbonyl (C=O) groups is 1. The highest BCUT2D eigenvalue weighted by Crippen LogP contribution is 2.43. The second kappa shape index (κ2) is 9.02. The van der Waals surface area contributed by atoms with Crippen molar-refractivity contribution < 1.29 is 4.79 Å². The second-order valence-electron chi connectivity index (χ2n) is 9.40. The first kappa shape index (κ1) is 22.1. The fourth-order valence-electron chi connectivity index (χ4n) is 5.43. The van der Waals surface area contributed by atoms with Gasteiger partial charge in [0.15, 0.2) is 0 Å². The van der Waals surface area contributed by atoms with Crippen LogP contribution in [-0.4, -0.2) is 33.5 Å². The number of likely N-dealkylation sites (N-methyl/N-ethyl adjacent to an activating group) is 1. The van der Waals surface area contributed by atoms with Gasteiger partial charge < -0.3 is 14.8 Å². The number of urea groups is 1. The molecule has 0 saturated heterocycles. The molecular formula is C29H30N4OS. The molecule has 0 spiro atoms. The van der Waals surface area contributed by atoms with Crippen molar-refractivity contribution in [3.05, 3.63) is 106 Å². The Morgan fingerprint density at radius 3 is 2.60 bits per heavy atom. The highest BCUT2D eigenvalue weighted by atomic mass is 32.1. The Bertz CT molecular complexity index is 1370. The van der Waals surface area contributed by atoms with Gasteiger partial charge in [-0.15, -0.1) is 11.3 Å². The lowest BCUT2D eigenvalue weighted by Crippen LogP contribution is -2.38.